The van der Waals surface area contributed by atoms with Gasteiger partial charge in [0.1, 0.15) is 0 Å². The molecule has 2 fully saturated rings. The number of aromatic nitrogens is 2. The zero-order valence-electron chi connectivity index (χ0n) is 21.9. The molecule has 7 heteroatoms. The number of aryl methyl sites for hydroxylation is 1. The van der Waals surface area contributed by atoms with Crippen molar-refractivity contribution >= 4 is 17.6 Å². The number of nitrogens with zero attached hydrogens (tertiary/aromatic N) is 4. The van der Waals surface area contributed by atoms with Crippen LogP contribution in [0.5, 0.6) is 0 Å². The molecule has 2 heterocycles. The summed E-state index contributed by atoms with van der Waals surface area (Å²) in [7, 11) is 0. The van der Waals surface area contributed by atoms with Gasteiger partial charge in [0.2, 0.25) is 5.91 Å². The molecule has 37 heavy (non-hydrogen) atoms. The van der Waals surface area contributed by atoms with Crippen molar-refractivity contribution in [1.29, 1.82) is 0 Å². The number of hydrogen-bond donors (Lipinski definition) is 0. The van der Waals surface area contributed by atoms with E-state index in [0.717, 1.165) is 60.8 Å². The average Bonchev–Trinajstić information content (AvgIpc) is 3.60. The highest BCUT2D eigenvalue weighted by atomic mass is 16.5. The molecule has 0 unspecified atom stereocenters. The highest BCUT2D eigenvalue weighted by molar-refractivity contribution is 5.89. The number of carbonyl (C=O) groups is 2. The summed E-state index contributed by atoms with van der Waals surface area (Å²) in [6.45, 7) is 7.35. The fourth-order valence-corrected chi connectivity index (χ4v) is 5.52. The number of piperazine rings is 1. The molecular formula is C30H36N4O3. The van der Waals surface area contributed by atoms with Crippen molar-refractivity contribution in [2.45, 2.75) is 46.0 Å². The second kappa shape index (κ2) is 11.2. The number of anilines is 1. The maximum Gasteiger partial charge on any atom is 0.358 e. The Balaban J connectivity index is 1.31. The van der Waals surface area contributed by atoms with Crippen molar-refractivity contribution in [2.75, 3.05) is 37.7 Å². The van der Waals surface area contributed by atoms with Gasteiger partial charge in [-0.1, -0.05) is 43.2 Å². The Kier molecular flexibility index (Phi) is 7.58. The SMILES string of the molecule is CCOC(=O)c1cc(-c2ccc(N3CCN(C(=O)CC4CCCC4)CC3)cc2)n(-c2ccccc2C)n1. The monoisotopic (exact) mass is 500 g/mol. The largest absolute Gasteiger partial charge is 0.461 e. The first-order valence-electron chi connectivity index (χ1n) is 13.5. The van der Waals surface area contributed by atoms with Crippen LogP contribution < -0.4 is 4.90 Å². The third-order valence-corrected chi connectivity index (χ3v) is 7.64. The molecule has 2 aliphatic rings. The Bertz CT molecular complexity index is 1240. The van der Waals surface area contributed by atoms with Crippen LogP contribution in [-0.2, 0) is 9.53 Å². The summed E-state index contributed by atoms with van der Waals surface area (Å²) in [6, 6.07) is 18.2. The molecule has 2 aromatic carbocycles. The second-order valence-corrected chi connectivity index (χ2v) is 10.1. The summed E-state index contributed by atoms with van der Waals surface area (Å²) in [5.41, 5.74) is 5.24. The summed E-state index contributed by atoms with van der Waals surface area (Å²) in [4.78, 5) is 29.6. The molecular weight excluding hydrogens is 464 g/mol. The zero-order valence-corrected chi connectivity index (χ0v) is 21.9. The Hall–Kier alpha value is -3.61. The van der Waals surface area contributed by atoms with Gasteiger partial charge in [-0.2, -0.15) is 5.10 Å². The Morgan fingerprint density at radius 3 is 2.35 bits per heavy atom. The van der Waals surface area contributed by atoms with Crippen LogP contribution >= 0.6 is 0 Å². The molecule has 0 atom stereocenters. The fourth-order valence-electron chi connectivity index (χ4n) is 5.52. The van der Waals surface area contributed by atoms with Crippen LogP contribution in [0.3, 0.4) is 0 Å². The van der Waals surface area contributed by atoms with Crippen LogP contribution in [-0.4, -0.2) is 59.3 Å². The molecule has 0 bridgehead atoms. The minimum Gasteiger partial charge on any atom is -0.461 e. The van der Waals surface area contributed by atoms with E-state index in [4.69, 9.17) is 4.74 Å². The predicted octanol–water partition coefficient (Wildman–Crippen LogP) is 5.25. The number of carbonyl (C=O) groups excluding carboxylic acids is 2. The molecule has 1 saturated carbocycles. The highest BCUT2D eigenvalue weighted by Crippen LogP contribution is 2.30. The summed E-state index contributed by atoms with van der Waals surface area (Å²) in [6.07, 6.45) is 5.69. The molecule has 0 spiro atoms. The Labute approximate surface area is 219 Å². The minimum absolute atomic E-state index is 0.294. The van der Waals surface area contributed by atoms with Gasteiger partial charge in [0.25, 0.3) is 0 Å². The van der Waals surface area contributed by atoms with Crippen molar-refractivity contribution in [3.8, 4) is 16.9 Å². The molecule has 7 nitrogen and oxygen atoms in total. The van der Waals surface area contributed by atoms with Gasteiger partial charge in [0, 0.05) is 43.9 Å². The lowest BCUT2D eigenvalue weighted by Gasteiger charge is -2.36. The first-order valence-corrected chi connectivity index (χ1v) is 13.5. The van der Waals surface area contributed by atoms with E-state index >= 15 is 0 Å². The summed E-state index contributed by atoms with van der Waals surface area (Å²) in [5.74, 6) is 0.493. The summed E-state index contributed by atoms with van der Waals surface area (Å²) in [5, 5.41) is 4.60. The van der Waals surface area contributed by atoms with E-state index in [1.54, 1.807) is 13.0 Å². The third-order valence-electron chi connectivity index (χ3n) is 7.64. The van der Waals surface area contributed by atoms with Crippen LogP contribution in [0, 0.1) is 12.8 Å². The molecule has 0 radical (unpaired) electrons. The number of amides is 1. The third kappa shape index (κ3) is 5.55. The number of para-hydroxylation sites is 1. The molecule has 194 valence electrons. The van der Waals surface area contributed by atoms with Crippen molar-refractivity contribution in [3.63, 3.8) is 0 Å². The lowest BCUT2D eigenvalue weighted by atomic mass is 10.0. The maximum atomic E-state index is 12.7. The first-order chi connectivity index (χ1) is 18.0. The molecule has 0 N–H and O–H groups in total. The normalized spacial score (nSPS) is 16.3. The molecule has 3 aromatic rings. The fraction of sp³-hybridized carbons (Fsp3) is 0.433. The van der Waals surface area contributed by atoms with Gasteiger partial charge in [-0.3, -0.25) is 4.79 Å². The number of benzene rings is 2. The van der Waals surface area contributed by atoms with E-state index < -0.39 is 5.97 Å². The molecule has 1 saturated heterocycles. The lowest BCUT2D eigenvalue weighted by molar-refractivity contribution is -0.132. The van der Waals surface area contributed by atoms with Crippen LogP contribution in [0.4, 0.5) is 5.69 Å². The van der Waals surface area contributed by atoms with Crippen molar-refractivity contribution in [2.24, 2.45) is 5.92 Å². The standard InChI is InChI=1S/C30H36N4O3/c1-3-37-30(36)26-21-28(34(31-26)27-11-7-4-8-22(27)2)24-12-14-25(15-13-24)32-16-18-33(19-17-32)29(35)20-23-9-5-6-10-23/h4,7-8,11-15,21,23H,3,5-6,9-10,16-20H2,1-2H3. The van der Waals surface area contributed by atoms with Gasteiger partial charge in [0.05, 0.1) is 18.0 Å². The van der Waals surface area contributed by atoms with Gasteiger partial charge < -0.3 is 14.5 Å². The van der Waals surface area contributed by atoms with E-state index in [1.165, 1.54) is 25.7 Å². The molecule has 5 rings (SSSR count). The van der Waals surface area contributed by atoms with Gasteiger partial charge >= 0.3 is 5.97 Å². The Morgan fingerprint density at radius 2 is 1.68 bits per heavy atom. The number of rotatable bonds is 7. The quantitative estimate of drug-likeness (QED) is 0.415. The van der Waals surface area contributed by atoms with Gasteiger partial charge in [0.15, 0.2) is 5.69 Å². The number of ether oxygens (including phenoxy) is 1. The molecule has 1 aliphatic heterocycles. The zero-order chi connectivity index (χ0) is 25.8. The molecule has 1 amide bonds. The van der Waals surface area contributed by atoms with Gasteiger partial charge in [-0.05, 0) is 62.4 Å². The topological polar surface area (TPSA) is 67.7 Å². The van der Waals surface area contributed by atoms with Crippen LogP contribution in [0.1, 0.15) is 55.1 Å². The van der Waals surface area contributed by atoms with Crippen LogP contribution in [0.15, 0.2) is 54.6 Å². The summed E-state index contributed by atoms with van der Waals surface area (Å²) >= 11 is 0. The minimum atomic E-state index is -0.423. The van der Waals surface area contributed by atoms with Crippen LogP contribution in [0.25, 0.3) is 16.9 Å². The molecule has 1 aromatic heterocycles. The van der Waals surface area contributed by atoms with E-state index in [9.17, 15) is 9.59 Å². The number of esters is 1. The van der Waals surface area contributed by atoms with Crippen molar-refractivity contribution < 1.29 is 14.3 Å². The van der Waals surface area contributed by atoms with Gasteiger partial charge in [-0.15, -0.1) is 0 Å². The van der Waals surface area contributed by atoms with E-state index in [2.05, 4.69) is 34.3 Å². The van der Waals surface area contributed by atoms with E-state index in [0.29, 0.717) is 24.1 Å². The highest BCUT2D eigenvalue weighted by Gasteiger charge is 2.25. The van der Waals surface area contributed by atoms with Gasteiger partial charge in [-0.25, -0.2) is 9.48 Å². The molecule has 1 aliphatic carbocycles. The van der Waals surface area contributed by atoms with Crippen molar-refractivity contribution in [1.82, 2.24) is 14.7 Å². The second-order valence-electron chi connectivity index (χ2n) is 10.1. The maximum absolute atomic E-state index is 12.7. The van der Waals surface area contributed by atoms with E-state index in [-0.39, 0.29) is 0 Å². The number of hydrogen-bond acceptors (Lipinski definition) is 5. The van der Waals surface area contributed by atoms with Crippen molar-refractivity contribution in [3.05, 3.63) is 65.9 Å². The Morgan fingerprint density at radius 1 is 0.973 bits per heavy atom. The predicted molar refractivity (Wildman–Crippen MR) is 145 cm³/mol. The smallest absolute Gasteiger partial charge is 0.358 e. The first kappa shape index (κ1) is 25.1. The van der Waals surface area contributed by atoms with Crippen LogP contribution in [0.2, 0.25) is 0 Å². The summed E-state index contributed by atoms with van der Waals surface area (Å²) < 4.78 is 7.03. The van der Waals surface area contributed by atoms with E-state index in [1.807, 2.05) is 40.8 Å². The average molecular weight is 501 g/mol. The lowest BCUT2D eigenvalue weighted by Crippen LogP contribution is -2.49.